The molecular formula is C16H12Se. The van der Waals surface area contributed by atoms with E-state index in [9.17, 15) is 0 Å². The SMILES string of the molecule is C(#Cc1ccccc1)C=C[Se]c1ccccc1. The van der Waals surface area contributed by atoms with Gasteiger partial charge in [0.1, 0.15) is 0 Å². The molecule has 0 fully saturated rings. The first kappa shape index (κ1) is 11.7. The third kappa shape index (κ3) is 4.33. The van der Waals surface area contributed by atoms with Crippen LogP contribution in [0.4, 0.5) is 0 Å². The fraction of sp³-hybridized carbons (Fsp3) is 0. The van der Waals surface area contributed by atoms with Crippen molar-refractivity contribution in [1.29, 1.82) is 0 Å². The van der Waals surface area contributed by atoms with Crippen LogP contribution in [0.1, 0.15) is 5.56 Å². The van der Waals surface area contributed by atoms with E-state index in [0.717, 1.165) is 5.56 Å². The fourth-order valence-electron chi connectivity index (χ4n) is 1.29. The normalized spacial score (nSPS) is 9.88. The van der Waals surface area contributed by atoms with E-state index in [0.29, 0.717) is 15.0 Å². The van der Waals surface area contributed by atoms with Crippen LogP contribution < -0.4 is 4.46 Å². The van der Waals surface area contributed by atoms with Crippen molar-refractivity contribution in [2.45, 2.75) is 0 Å². The van der Waals surface area contributed by atoms with Crippen molar-refractivity contribution in [3.8, 4) is 11.8 Å². The summed E-state index contributed by atoms with van der Waals surface area (Å²) in [6.45, 7) is 0. The number of rotatable bonds is 2. The van der Waals surface area contributed by atoms with Gasteiger partial charge in [0, 0.05) is 0 Å². The molecule has 82 valence electrons. The molecule has 0 nitrogen and oxygen atoms in total. The molecule has 0 heterocycles. The molecule has 0 aliphatic carbocycles. The average Bonchev–Trinajstić information content (AvgIpc) is 2.41. The van der Waals surface area contributed by atoms with Gasteiger partial charge in [-0.05, 0) is 0 Å². The first-order valence-electron chi connectivity index (χ1n) is 5.38. The molecule has 17 heavy (non-hydrogen) atoms. The van der Waals surface area contributed by atoms with Crippen LogP contribution in [0.3, 0.4) is 0 Å². The molecule has 0 unspecified atom stereocenters. The van der Waals surface area contributed by atoms with Gasteiger partial charge in [0.05, 0.1) is 0 Å². The molecule has 0 radical (unpaired) electrons. The standard InChI is InChI=1S/C16H12Se/c1-3-9-15(10-4-1)11-7-8-14-17-16-12-5-2-6-13-16/h1-6,8-10,12-14H. The van der Waals surface area contributed by atoms with E-state index in [1.165, 1.54) is 4.46 Å². The Morgan fingerprint density at radius 1 is 0.824 bits per heavy atom. The van der Waals surface area contributed by atoms with E-state index in [2.05, 4.69) is 41.1 Å². The zero-order valence-corrected chi connectivity index (χ0v) is 11.0. The number of hydrogen-bond donors (Lipinski definition) is 0. The minimum absolute atomic E-state index is 0.382. The average molecular weight is 283 g/mol. The number of allylic oxidation sites excluding steroid dienone is 1. The summed E-state index contributed by atoms with van der Waals surface area (Å²) >= 11 is 0.382. The Morgan fingerprint density at radius 3 is 2.18 bits per heavy atom. The quantitative estimate of drug-likeness (QED) is 0.587. The molecular weight excluding hydrogens is 271 g/mol. The maximum atomic E-state index is 3.10. The maximum absolute atomic E-state index is 3.10. The van der Waals surface area contributed by atoms with Crippen molar-refractivity contribution in [3.63, 3.8) is 0 Å². The molecule has 0 atom stereocenters. The van der Waals surface area contributed by atoms with Crippen molar-refractivity contribution in [2.75, 3.05) is 0 Å². The first-order chi connectivity index (χ1) is 8.45. The van der Waals surface area contributed by atoms with Gasteiger partial charge in [0.2, 0.25) is 0 Å². The second-order valence-corrected chi connectivity index (χ2v) is 5.42. The van der Waals surface area contributed by atoms with Crippen LogP contribution in [0.2, 0.25) is 0 Å². The molecule has 0 N–H and O–H groups in total. The second kappa shape index (κ2) is 6.76. The molecule has 0 amide bonds. The van der Waals surface area contributed by atoms with Crippen molar-refractivity contribution < 1.29 is 0 Å². The van der Waals surface area contributed by atoms with Crippen LogP contribution in [0.25, 0.3) is 0 Å². The van der Waals surface area contributed by atoms with Gasteiger partial charge in [0.15, 0.2) is 0 Å². The van der Waals surface area contributed by atoms with Crippen LogP contribution in [-0.2, 0) is 0 Å². The Kier molecular flexibility index (Phi) is 4.67. The summed E-state index contributed by atoms with van der Waals surface area (Å²) < 4.78 is 1.37. The van der Waals surface area contributed by atoms with Gasteiger partial charge >= 0.3 is 109 Å². The molecule has 0 saturated carbocycles. The topological polar surface area (TPSA) is 0 Å². The van der Waals surface area contributed by atoms with Crippen LogP contribution in [-0.4, -0.2) is 15.0 Å². The van der Waals surface area contributed by atoms with Gasteiger partial charge in [-0.15, -0.1) is 0 Å². The monoisotopic (exact) mass is 284 g/mol. The van der Waals surface area contributed by atoms with Crippen molar-refractivity contribution in [1.82, 2.24) is 0 Å². The molecule has 0 bridgehead atoms. The molecule has 0 aromatic heterocycles. The van der Waals surface area contributed by atoms with E-state index in [-0.39, 0.29) is 0 Å². The van der Waals surface area contributed by atoms with Gasteiger partial charge in [-0.25, -0.2) is 0 Å². The molecule has 1 heteroatoms. The van der Waals surface area contributed by atoms with Gasteiger partial charge < -0.3 is 0 Å². The van der Waals surface area contributed by atoms with Crippen molar-refractivity contribution >= 4 is 19.4 Å². The van der Waals surface area contributed by atoms with Gasteiger partial charge in [-0.2, -0.15) is 0 Å². The molecule has 0 aliphatic rings. The first-order valence-corrected chi connectivity index (χ1v) is 7.23. The fourth-order valence-corrected chi connectivity index (χ4v) is 2.57. The third-order valence-corrected chi connectivity index (χ3v) is 3.80. The third-order valence-electron chi connectivity index (χ3n) is 2.09. The Bertz CT molecular complexity index is 530. The predicted octanol–water partition coefficient (Wildman–Crippen LogP) is 2.58. The summed E-state index contributed by atoms with van der Waals surface area (Å²) in [5.74, 6) is 6.16. The van der Waals surface area contributed by atoms with E-state index in [1.807, 2.05) is 42.5 Å². The Hall–Kier alpha value is -1.74. The minimum atomic E-state index is 0.382. The van der Waals surface area contributed by atoms with Gasteiger partial charge in [-0.1, -0.05) is 0 Å². The second-order valence-electron chi connectivity index (χ2n) is 3.37. The summed E-state index contributed by atoms with van der Waals surface area (Å²) in [5.41, 5.74) is 1.06. The predicted molar refractivity (Wildman–Crippen MR) is 74.3 cm³/mol. The van der Waals surface area contributed by atoms with Gasteiger partial charge in [0.25, 0.3) is 0 Å². The zero-order chi connectivity index (χ0) is 11.8. The zero-order valence-electron chi connectivity index (χ0n) is 9.34. The summed E-state index contributed by atoms with van der Waals surface area (Å²) in [5, 5.41) is 0. The van der Waals surface area contributed by atoms with Crippen LogP contribution in [0.5, 0.6) is 0 Å². The molecule has 2 aromatic carbocycles. The Labute approximate surface area is 109 Å². The van der Waals surface area contributed by atoms with Gasteiger partial charge in [-0.3, -0.25) is 0 Å². The molecule has 2 aromatic rings. The molecule has 0 aliphatic heterocycles. The summed E-state index contributed by atoms with van der Waals surface area (Å²) in [6, 6.07) is 20.5. The number of hydrogen-bond acceptors (Lipinski definition) is 0. The van der Waals surface area contributed by atoms with E-state index in [4.69, 9.17) is 0 Å². The summed E-state index contributed by atoms with van der Waals surface area (Å²) in [7, 11) is 0. The van der Waals surface area contributed by atoms with Crippen molar-refractivity contribution in [3.05, 3.63) is 77.3 Å². The van der Waals surface area contributed by atoms with E-state index in [1.54, 1.807) is 0 Å². The van der Waals surface area contributed by atoms with Crippen LogP contribution in [0.15, 0.2) is 71.7 Å². The van der Waals surface area contributed by atoms with Crippen molar-refractivity contribution in [2.24, 2.45) is 0 Å². The molecule has 2 rings (SSSR count). The molecule has 0 saturated heterocycles. The van der Waals surface area contributed by atoms with E-state index < -0.39 is 0 Å². The van der Waals surface area contributed by atoms with Crippen LogP contribution in [0, 0.1) is 11.8 Å². The summed E-state index contributed by atoms with van der Waals surface area (Å²) in [6.07, 6.45) is 1.94. The van der Waals surface area contributed by atoms with E-state index >= 15 is 0 Å². The number of benzene rings is 2. The Balaban J connectivity index is 1.89. The Morgan fingerprint density at radius 2 is 1.47 bits per heavy atom. The van der Waals surface area contributed by atoms with Crippen LogP contribution >= 0.6 is 0 Å². The summed E-state index contributed by atoms with van der Waals surface area (Å²) in [4.78, 5) is 2.15. The molecule has 0 spiro atoms.